The van der Waals surface area contributed by atoms with Crippen molar-refractivity contribution < 1.29 is 4.79 Å². The lowest BCUT2D eigenvalue weighted by molar-refractivity contribution is 0.0696. The Morgan fingerprint density at radius 2 is 2.00 bits per heavy atom. The van der Waals surface area contributed by atoms with Crippen molar-refractivity contribution in [2.45, 2.75) is 26.7 Å². The predicted octanol–water partition coefficient (Wildman–Crippen LogP) is 2.45. The van der Waals surface area contributed by atoms with Crippen LogP contribution in [0.1, 0.15) is 35.7 Å². The van der Waals surface area contributed by atoms with Gasteiger partial charge in [-0.05, 0) is 43.4 Å². The molecule has 17 heavy (non-hydrogen) atoms. The van der Waals surface area contributed by atoms with E-state index in [-0.39, 0.29) is 5.91 Å². The Hall–Kier alpha value is -1.51. The van der Waals surface area contributed by atoms with Gasteiger partial charge in [0.1, 0.15) is 0 Å². The number of aryl methyl sites for hydroxylation is 1. The second-order valence-electron chi connectivity index (χ2n) is 5.05. The lowest BCUT2D eigenvalue weighted by Gasteiger charge is -2.30. The summed E-state index contributed by atoms with van der Waals surface area (Å²) < 4.78 is 0. The average molecular weight is 232 g/mol. The van der Waals surface area contributed by atoms with Gasteiger partial charge < -0.3 is 10.6 Å². The second kappa shape index (κ2) is 4.78. The van der Waals surface area contributed by atoms with Crippen LogP contribution in [0.15, 0.2) is 18.2 Å². The van der Waals surface area contributed by atoms with Crippen LogP contribution in [0.2, 0.25) is 0 Å². The lowest BCUT2D eigenvalue weighted by atomic mass is 9.98. The van der Waals surface area contributed by atoms with E-state index in [2.05, 4.69) is 6.92 Å². The standard InChI is InChI=1S/C14H20N2O/c1-10-5-7-16(8-6-10)14(17)13-9-12(15)4-3-11(13)2/h3-4,9-10H,5-8,15H2,1-2H3. The minimum atomic E-state index is 0.127. The third kappa shape index (κ3) is 2.60. The zero-order chi connectivity index (χ0) is 12.4. The fourth-order valence-corrected chi connectivity index (χ4v) is 2.25. The molecule has 0 radical (unpaired) electrons. The number of nitrogens with two attached hydrogens (primary N) is 1. The summed E-state index contributed by atoms with van der Waals surface area (Å²) in [4.78, 5) is 14.3. The van der Waals surface area contributed by atoms with Crippen molar-refractivity contribution in [2.24, 2.45) is 5.92 Å². The van der Waals surface area contributed by atoms with Crippen molar-refractivity contribution in [1.29, 1.82) is 0 Å². The summed E-state index contributed by atoms with van der Waals surface area (Å²) in [5.74, 6) is 0.864. The van der Waals surface area contributed by atoms with Crippen LogP contribution < -0.4 is 5.73 Å². The predicted molar refractivity (Wildman–Crippen MR) is 69.9 cm³/mol. The quantitative estimate of drug-likeness (QED) is 0.756. The van der Waals surface area contributed by atoms with Gasteiger partial charge in [-0.2, -0.15) is 0 Å². The van der Waals surface area contributed by atoms with Crippen molar-refractivity contribution in [1.82, 2.24) is 4.90 Å². The number of hydrogen-bond acceptors (Lipinski definition) is 2. The Kier molecular flexibility index (Phi) is 3.36. The molecule has 2 N–H and O–H groups in total. The van der Waals surface area contributed by atoms with Gasteiger partial charge in [0.05, 0.1) is 0 Å². The molecule has 2 rings (SSSR count). The number of carbonyl (C=O) groups is 1. The molecule has 0 aromatic heterocycles. The Labute approximate surface area is 103 Å². The fraction of sp³-hybridized carbons (Fsp3) is 0.500. The molecule has 1 aliphatic rings. The summed E-state index contributed by atoms with van der Waals surface area (Å²) in [5, 5.41) is 0. The maximum Gasteiger partial charge on any atom is 0.254 e. The first-order valence-corrected chi connectivity index (χ1v) is 6.23. The van der Waals surface area contributed by atoms with Gasteiger partial charge in [0, 0.05) is 24.3 Å². The molecular weight excluding hydrogens is 212 g/mol. The highest BCUT2D eigenvalue weighted by atomic mass is 16.2. The van der Waals surface area contributed by atoms with Gasteiger partial charge in [-0.1, -0.05) is 13.0 Å². The Morgan fingerprint density at radius 3 is 2.65 bits per heavy atom. The molecule has 92 valence electrons. The van der Waals surface area contributed by atoms with Crippen molar-refractivity contribution in [3.05, 3.63) is 29.3 Å². The van der Waals surface area contributed by atoms with Crippen molar-refractivity contribution in [2.75, 3.05) is 18.8 Å². The molecule has 1 aromatic carbocycles. The van der Waals surface area contributed by atoms with Gasteiger partial charge in [0.2, 0.25) is 0 Å². The summed E-state index contributed by atoms with van der Waals surface area (Å²) in [6.45, 7) is 5.94. The fourth-order valence-electron chi connectivity index (χ4n) is 2.25. The number of anilines is 1. The third-order valence-corrected chi connectivity index (χ3v) is 3.56. The summed E-state index contributed by atoms with van der Waals surface area (Å²) >= 11 is 0. The van der Waals surface area contributed by atoms with E-state index in [1.807, 2.05) is 24.0 Å². The van der Waals surface area contributed by atoms with E-state index in [1.165, 1.54) is 0 Å². The largest absolute Gasteiger partial charge is 0.399 e. The molecule has 0 unspecified atom stereocenters. The smallest absolute Gasteiger partial charge is 0.254 e. The van der Waals surface area contributed by atoms with Crippen LogP contribution in [-0.4, -0.2) is 23.9 Å². The summed E-state index contributed by atoms with van der Waals surface area (Å²) in [5.41, 5.74) is 8.16. The number of carbonyl (C=O) groups excluding carboxylic acids is 1. The normalized spacial score (nSPS) is 17.2. The Bertz CT molecular complexity index is 420. The van der Waals surface area contributed by atoms with E-state index in [1.54, 1.807) is 6.07 Å². The first-order valence-electron chi connectivity index (χ1n) is 6.23. The van der Waals surface area contributed by atoms with E-state index in [0.717, 1.165) is 43.0 Å². The molecular formula is C14H20N2O. The summed E-state index contributed by atoms with van der Waals surface area (Å²) in [6, 6.07) is 5.54. The van der Waals surface area contributed by atoms with Gasteiger partial charge in [-0.25, -0.2) is 0 Å². The number of amides is 1. The van der Waals surface area contributed by atoms with Crippen LogP contribution in [0, 0.1) is 12.8 Å². The summed E-state index contributed by atoms with van der Waals surface area (Å²) in [7, 11) is 0. The number of benzene rings is 1. The summed E-state index contributed by atoms with van der Waals surface area (Å²) in [6.07, 6.45) is 2.21. The number of piperidine rings is 1. The third-order valence-electron chi connectivity index (χ3n) is 3.56. The van der Waals surface area contributed by atoms with Crippen molar-refractivity contribution in [3.63, 3.8) is 0 Å². The molecule has 1 heterocycles. The molecule has 0 spiro atoms. The number of rotatable bonds is 1. The van der Waals surface area contributed by atoms with E-state index in [9.17, 15) is 4.79 Å². The molecule has 0 saturated carbocycles. The number of nitrogens with zero attached hydrogens (tertiary/aromatic N) is 1. The molecule has 0 bridgehead atoms. The Balaban J connectivity index is 2.16. The average Bonchev–Trinajstić information content (AvgIpc) is 2.32. The number of likely N-dealkylation sites (tertiary alicyclic amines) is 1. The zero-order valence-electron chi connectivity index (χ0n) is 10.6. The van der Waals surface area contributed by atoms with E-state index < -0.39 is 0 Å². The monoisotopic (exact) mass is 232 g/mol. The molecule has 0 aliphatic carbocycles. The molecule has 3 heteroatoms. The highest BCUT2D eigenvalue weighted by Gasteiger charge is 2.22. The number of hydrogen-bond donors (Lipinski definition) is 1. The van der Waals surface area contributed by atoms with Crippen LogP contribution >= 0.6 is 0 Å². The van der Waals surface area contributed by atoms with E-state index in [4.69, 9.17) is 5.73 Å². The molecule has 1 fully saturated rings. The van der Waals surface area contributed by atoms with Crippen LogP contribution in [-0.2, 0) is 0 Å². The van der Waals surface area contributed by atoms with Gasteiger partial charge in [0.15, 0.2) is 0 Å². The van der Waals surface area contributed by atoms with Crippen LogP contribution in [0.5, 0.6) is 0 Å². The van der Waals surface area contributed by atoms with Gasteiger partial charge >= 0.3 is 0 Å². The topological polar surface area (TPSA) is 46.3 Å². The molecule has 0 atom stereocenters. The highest BCUT2D eigenvalue weighted by Crippen LogP contribution is 2.20. The van der Waals surface area contributed by atoms with E-state index >= 15 is 0 Å². The Morgan fingerprint density at radius 1 is 1.35 bits per heavy atom. The maximum atomic E-state index is 12.3. The van der Waals surface area contributed by atoms with Gasteiger partial charge in [-0.3, -0.25) is 4.79 Å². The first-order chi connectivity index (χ1) is 8.08. The minimum absolute atomic E-state index is 0.127. The lowest BCUT2D eigenvalue weighted by Crippen LogP contribution is -2.38. The first kappa shape index (κ1) is 12.0. The van der Waals surface area contributed by atoms with Crippen molar-refractivity contribution >= 4 is 11.6 Å². The molecule has 1 amide bonds. The SMILES string of the molecule is Cc1ccc(N)cc1C(=O)N1CCC(C)CC1. The molecule has 1 aromatic rings. The highest BCUT2D eigenvalue weighted by molar-refractivity contribution is 5.96. The number of nitrogen functional groups attached to an aromatic ring is 1. The molecule has 1 saturated heterocycles. The van der Waals surface area contributed by atoms with Crippen molar-refractivity contribution in [3.8, 4) is 0 Å². The second-order valence-corrected chi connectivity index (χ2v) is 5.05. The van der Waals surface area contributed by atoms with E-state index in [0.29, 0.717) is 5.69 Å². The van der Waals surface area contributed by atoms with Crippen LogP contribution in [0.25, 0.3) is 0 Å². The van der Waals surface area contributed by atoms with Crippen LogP contribution in [0.4, 0.5) is 5.69 Å². The van der Waals surface area contributed by atoms with Gasteiger partial charge in [0.25, 0.3) is 5.91 Å². The van der Waals surface area contributed by atoms with Crippen LogP contribution in [0.3, 0.4) is 0 Å². The zero-order valence-corrected chi connectivity index (χ0v) is 10.6. The maximum absolute atomic E-state index is 12.3. The molecule has 3 nitrogen and oxygen atoms in total. The van der Waals surface area contributed by atoms with Gasteiger partial charge in [-0.15, -0.1) is 0 Å². The minimum Gasteiger partial charge on any atom is -0.399 e. The molecule has 1 aliphatic heterocycles.